The lowest BCUT2D eigenvalue weighted by Gasteiger charge is -2.31. The summed E-state index contributed by atoms with van der Waals surface area (Å²) in [5.41, 5.74) is 7.63. The van der Waals surface area contributed by atoms with Crippen LogP contribution in [0.15, 0.2) is 43.4 Å². The molecule has 0 spiro atoms. The summed E-state index contributed by atoms with van der Waals surface area (Å²) in [4.78, 5) is 19.3. The highest BCUT2D eigenvalue weighted by Crippen LogP contribution is 2.42. The quantitative estimate of drug-likeness (QED) is 0.593. The van der Waals surface area contributed by atoms with E-state index in [4.69, 9.17) is 4.74 Å². The molecule has 1 N–H and O–H groups in total. The summed E-state index contributed by atoms with van der Waals surface area (Å²) in [6.07, 6.45) is 11.0. The first kappa shape index (κ1) is 22.4. The maximum absolute atomic E-state index is 10.4. The van der Waals surface area contributed by atoms with Crippen molar-refractivity contribution in [3.8, 4) is 0 Å². The number of hydrogen-bond donors (Lipinski definition) is 1. The normalized spacial score (nSPS) is 18.1. The highest BCUT2D eigenvalue weighted by Gasteiger charge is 2.31. The standard InChI is InChI=1S/C19H27N3O.C7H5N3O/c1-14-17-12-19(21-7-9-23-10-8-21)18(20-2)11-15(17)13-22(14)16-5-3-4-6-16;11-5-6-4-9-10-3-1-2-8-7(6)10/h11-12,16,20H,1,3-10,13H2,2H3;1-5H. The van der Waals surface area contributed by atoms with E-state index in [9.17, 15) is 4.79 Å². The predicted molar refractivity (Wildman–Crippen MR) is 134 cm³/mol. The van der Waals surface area contributed by atoms with Gasteiger partial charge in [0.2, 0.25) is 0 Å². The van der Waals surface area contributed by atoms with Gasteiger partial charge in [0.1, 0.15) is 0 Å². The SMILES string of the molecule is C=C1c2cc(N3CCOCC3)c(NC)cc2CN1C1CCCC1.O=Cc1cnn2cccnc12. The largest absolute Gasteiger partial charge is 0.386 e. The van der Waals surface area contributed by atoms with E-state index in [1.807, 2.05) is 7.05 Å². The molecule has 0 radical (unpaired) electrons. The fraction of sp³-hybridized carbons (Fsp3) is 0.423. The van der Waals surface area contributed by atoms with Crippen molar-refractivity contribution in [1.29, 1.82) is 0 Å². The lowest BCUT2D eigenvalue weighted by molar-refractivity contribution is 0.112. The topological polar surface area (TPSA) is 75.0 Å². The zero-order chi connectivity index (χ0) is 23.5. The minimum Gasteiger partial charge on any atom is -0.386 e. The van der Waals surface area contributed by atoms with Gasteiger partial charge in [-0.2, -0.15) is 5.10 Å². The van der Waals surface area contributed by atoms with Crippen molar-refractivity contribution in [2.24, 2.45) is 0 Å². The van der Waals surface area contributed by atoms with Crippen molar-refractivity contribution in [1.82, 2.24) is 19.5 Å². The molecule has 1 saturated heterocycles. The number of anilines is 2. The third-order valence-corrected chi connectivity index (χ3v) is 7.04. The van der Waals surface area contributed by atoms with Crippen molar-refractivity contribution in [3.63, 3.8) is 0 Å². The van der Waals surface area contributed by atoms with Crippen molar-refractivity contribution in [3.05, 3.63) is 60.1 Å². The molecular formula is C26H32N6O2. The van der Waals surface area contributed by atoms with Crippen LogP contribution in [0.4, 0.5) is 11.4 Å². The summed E-state index contributed by atoms with van der Waals surface area (Å²) in [6, 6.07) is 7.14. The molecule has 0 unspecified atom stereocenters. The molecule has 4 heterocycles. The Morgan fingerprint density at radius 3 is 2.74 bits per heavy atom. The lowest BCUT2D eigenvalue weighted by atomic mass is 10.1. The minimum absolute atomic E-state index is 0.519. The van der Waals surface area contributed by atoms with Crippen LogP contribution in [0.3, 0.4) is 0 Å². The van der Waals surface area contributed by atoms with Crippen molar-refractivity contribution in [2.45, 2.75) is 38.3 Å². The van der Waals surface area contributed by atoms with Gasteiger partial charge in [-0.25, -0.2) is 9.50 Å². The zero-order valence-electron chi connectivity index (χ0n) is 19.7. The van der Waals surface area contributed by atoms with E-state index < -0.39 is 0 Å². The first-order valence-corrected chi connectivity index (χ1v) is 12.1. The Morgan fingerprint density at radius 2 is 2.00 bits per heavy atom. The van der Waals surface area contributed by atoms with Crippen molar-refractivity contribution < 1.29 is 9.53 Å². The molecule has 8 heteroatoms. The molecule has 0 bridgehead atoms. The van der Waals surface area contributed by atoms with E-state index in [-0.39, 0.29) is 0 Å². The summed E-state index contributed by atoms with van der Waals surface area (Å²) in [5, 5.41) is 7.30. The number of fused-ring (bicyclic) bond motifs is 2. The molecule has 8 nitrogen and oxygen atoms in total. The number of carbonyl (C=O) groups excluding carboxylic acids is 1. The van der Waals surface area contributed by atoms with Crippen LogP contribution < -0.4 is 10.2 Å². The second-order valence-corrected chi connectivity index (χ2v) is 8.99. The van der Waals surface area contributed by atoms with Crippen molar-refractivity contribution in [2.75, 3.05) is 43.6 Å². The molecule has 0 atom stereocenters. The van der Waals surface area contributed by atoms with Crippen LogP contribution in [0.5, 0.6) is 0 Å². The molecule has 1 aromatic carbocycles. The molecule has 2 fully saturated rings. The summed E-state index contributed by atoms with van der Waals surface area (Å²) in [5.74, 6) is 0. The van der Waals surface area contributed by atoms with Gasteiger partial charge in [0.25, 0.3) is 0 Å². The molecule has 3 aromatic rings. The molecule has 6 rings (SSSR count). The number of benzene rings is 1. The molecular weight excluding hydrogens is 428 g/mol. The van der Waals surface area contributed by atoms with Gasteiger partial charge < -0.3 is 19.9 Å². The molecule has 34 heavy (non-hydrogen) atoms. The van der Waals surface area contributed by atoms with E-state index >= 15 is 0 Å². The lowest BCUT2D eigenvalue weighted by Crippen LogP contribution is -2.36. The highest BCUT2D eigenvalue weighted by molar-refractivity contribution is 5.83. The van der Waals surface area contributed by atoms with Gasteiger partial charge in [0.05, 0.1) is 36.3 Å². The number of aromatic nitrogens is 3. The fourth-order valence-electron chi connectivity index (χ4n) is 5.23. The van der Waals surface area contributed by atoms with Crippen LogP contribution >= 0.6 is 0 Å². The number of morpholine rings is 1. The van der Waals surface area contributed by atoms with Crippen molar-refractivity contribution >= 4 is 29.0 Å². The summed E-state index contributed by atoms with van der Waals surface area (Å²) in [6.45, 7) is 9.01. The molecule has 178 valence electrons. The molecule has 1 saturated carbocycles. The van der Waals surface area contributed by atoms with E-state index in [2.05, 4.69) is 43.9 Å². The van der Waals surface area contributed by atoms with Gasteiger partial charge in [0, 0.05) is 56.4 Å². The molecule has 2 aromatic heterocycles. The first-order chi connectivity index (χ1) is 16.7. The van der Waals surface area contributed by atoms with Crippen LogP contribution in [-0.2, 0) is 11.3 Å². The Kier molecular flexibility index (Phi) is 6.49. The van der Waals surface area contributed by atoms with Crippen LogP contribution in [0.1, 0.15) is 47.2 Å². The van der Waals surface area contributed by atoms with Crippen LogP contribution in [0.2, 0.25) is 0 Å². The Labute approximate surface area is 200 Å². The molecule has 3 aliphatic rings. The second-order valence-electron chi connectivity index (χ2n) is 8.99. The average molecular weight is 461 g/mol. The fourth-order valence-corrected chi connectivity index (χ4v) is 5.23. The van der Waals surface area contributed by atoms with Gasteiger partial charge in [-0.1, -0.05) is 19.4 Å². The van der Waals surface area contributed by atoms with Gasteiger partial charge in [-0.3, -0.25) is 4.79 Å². The van der Waals surface area contributed by atoms with Crippen LogP contribution in [0, 0.1) is 0 Å². The average Bonchev–Trinajstić information content (AvgIpc) is 3.63. The summed E-state index contributed by atoms with van der Waals surface area (Å²) >= 11 is 0. The van der Waals surface area contributed by atoms with Gasteiger partial charge in [0.15, 0.2) is 11.9 Å². The van der Waals surface area contributed by atoms with E-state index in [0.29, 0.717) is 17.3 Å². The number of hydrogen-bond acceptors (Lipinski definition) is 7. The first-order valence-electron chi connectivity index (χ1n) is 12.1. The number of carbonyl (C=O) groups is 1. The number of rotatable bonds is 4. The van der Waals surface area contributed by atoms with Crippen LogP contribution in [-0.4, -0.2) is 65.2 Å². The smallest absolute Gasteiger partial charge is 0.165 e. The molecule has 1 aliphatic carbocycles. The second kappa shape index (κ2) is 9.85. The van der Waals surface area contributed by atoms with E-state index in [1.165, 1.54) is 60.1 Å². The van der Waals surface area contributed by atoms with Gasteiger partial charge in [-0.05, 0) is 36.6 Å². The minimum atomic E-state index is 0.519. The zero-order valence-corrected chi connectivity index (χ0v) is 19.7. The Balaban J connectivity index is 0.000000183. The Hall–Kier alpha value is -3.39. The highest BCUT2D eigenvalue weighted by atomic mass is 16.5. The predicted octanol–water partition coefficient (Wildman–Crippen LogP) is 3.84. The maximum atomic E-state index is 10.4. The number of ether oxygens (including phenoxy) is 1. The molecule has 0 amide bonds. The number of nitrogens with zero attached hydrogens (tertiary/aromatic N) is 5. The van der Waals surface area contributed by atoms with Crippen LogP contribution in [0.25, 0.3) is 11.3 Å². The third-order valence-electron chi connectivity index (χ3n) is 7.04. The Bertz CT molecular complexity index is 1180. The monoisotopic (exact) mass is 460 g/mol. The molecule has 2 aliphatic heterocycles. The number of nitrogens with one attached hydrogen (secondary N) is 1. The van der Waals surface area contributed by atoms with E-state index in [1.54, 1.807) is 23.0 Å². The Morgan fingerprint density at radius 1 is 1.21 bits per heavy atom. The third kappa shape index (κ3) is 4.25. The summed E-state index contributed by atoms with van der Waals surface area (Å²) < 4.78 is 7.06. The maximum Gasteiger partial charge on any atom is 0.165 e. The van der Waals surface area contributed by atoms with Gasteiger partial charge >= 0.3 is 0 Å². The summed E-state index contributed by atoms with van der Waals surface area (Å²) in [7, 11) is 2.02. The van der Waals surface area contributed by atoms with Gasteiger partial charge in [-0.15, -0.1) is 0 Å². The number of aldehydes is 1. The van der Waals surface area contributed by atoms with E-state index in [0.717, 1.165) is 39.1 Å².